The minimum Gasteiger partial charge on any atom is -0.384 e. The smallest absolute Gasteiger partial charge is 0.123 e. The van der Waals surface area contributed by atoms with Gasteiger partial charge >= 0.3 is 0 Å². The number of hydrogen-bond donors (Lipinski definition) is 3. The largest absolute Gasteiger partial charge is 0.384 e. The second-order valence-corrected chi connectivity index (χ2v) is 6.42. The van der Waals surface area contributed by atoms with E-state index in [4.69, 9.17) is 5.73 Å². The standard InChI is InChI=1S/C15H25N5/c1-20(2)7-6-18-13-9-17-10-15(13)8-11(15)12-4-3-5-14(16)19-12/h3-5,11,13,17-18H,6-10H2,1-2H3,(H2,16,19)/t11?,13-,15+/m1/s1. The number of aromatic nitrogens is 1. The highest BCUT2D eigenvalue weighted by Crippen LogP contribution is 2.62. The van der Waals surface area contributed by atoms with Gasteiger partial charge in [-0.3, -0.25) is 0 Å². The molecule has 1 spiro atoms. The lowest BCUT2D eigenvalue weighted by Gasteiger charge is -2.22. The third-order valence-corrected chi connectivity index (χ3v) is 4.71. The first-order valence-corrected chi connectivity index (χ1v) is 7.43. The molecule has 3 rings (SSSR count). The molecule has 0 aromatic carbocycles. The van der Waals surface area contributed by atoms with Crippen molar-refractivity contribution >= 4 is 5.82 Å². The Labute approximate surface area is 120 Å². The molecular formula is C15H25N5. The van der Waals surface area contributed by atoms with Crippen LogP contribution in [0, 0.1) is 5.41 Å². The van der Waals surface area contributed by atoms with Gasteiger partial charge in [-0.15, -0.1) is 0 Å². The van der Waals surface area contributed by atoms with Gasteiger partial charge < -0.3 is 21.3 Å². The van der Waals surface area contributed by atoms with Crippen LogP contribution in [0.15, 0.2) is 18.2 Å². The van der Waals surface area contributed by atoms with Gasteiger partial charge in [-0.05, 0) is 32.6 Å². The molecule has 0 bridgehead atoms. The molecule has 1 unspecified atom stereocenters. The average Bonchev–Trinajstić information content (AvgIpc) is 2.98. The first-order valence-electron chi connectivity index (χ1n) is 7.43. The van der Waals surface area contributed by atoms with Gasteiger partial charge in [-0.1, -0.05) is 6.07 Å². The zero-order valence-electron chi connectivity index (χ0n) is 12.4. The summed E-state index contributed by atoms with van der Waals surface area (Å²) in [6, 6.07) is 6.54. The van der Waals surface area contributed by atoms with E-state index in [2.05, 4.69) is 40.7 Å². The van der Waals surface area contributed by atoms with Crippen LogP contribution in [0.5, 0.6) is 0 Å². The molecule has 1 aromatic heterocycles. The molecule has 1 aliphatic heterocycles. The van der Waals surface area contributed by atoms with Crippen molar-refractivity contribution in [1.29, 1.82) is 0 Å². The molecule has 3 atom stereocenters. The molecule has 2 heterocycles. The van der Waals surface area contributed by atoms with Crippen molar-refractivity contribution in [1.82, 2.24) is 20.5 Å². The SMILES string of the molecule is CN(C)CCN[C@@H]1CNC[C@]12CC2c1cccc(N)n1. The van der Waals surface area contributed by atoms with Gasteiger partial charge in [0.15, 0.2) is 0 Å². The third-order valence-electron chi connectivity index (χ3n) is 4.71. The van der Waals surface area contributed by atoms with Crippen molar-refractivity contribution in [2.45, 2.75) is 18.4 Å². The maximum Gasteiger partial charge on any atom is 0.123 e. The van der Waals surface area contributed by atoms with Crippen LogP contribution in [0.1, 0.15) is 18.0 Å². The Morgan fingerprint density at radius 2 is 2.35 bits per heavy atom. The molecule has 1 saturated heterocycles. The Morgan fingerprint density at radius 3 is 3.10 bits per heavy atom. The van der Waals surface area contributed by atoms with Gasteiger partial charge in [-0.25, -0.2) is 4.98 Å². The highest BCUT2D eigenvalue weighted by Gasteiger charge is 2.61. The van der Waals surface area contributed by atoms with E-state index in [9.17, 15) is 0 Å². The zero-order chi connectivity index (χ0) is 14.2. The highest BCUT2D eigenvalue weighted by molar-refractivity contribution is 5.35. The maximum atomic E-state index is 5.81. The van der Waals surface area contributed by atoms with Crippen LogP contribution in [0.3, 0.4) is 0 Å². The van der Waals surface area contributed by atoms with Gasteiger partial charge in [0.25, 0.3) is 0 Å². The Balaban J connectivity index is 1.64. The average molecular weight is 275 g/mol. The summed E-state index contributed by atoms with van der Waals surface area (Å²) < 4.78 is 0. The van der Waals surface area contributed by atoms with Crippen molar-refractivity contribution < 1.29 is 0 Å². The van der Waals surface area contributed by atoms with Crippen molar-refractivity contribution in [3.63, 3.8) is 0 Å². The summed E-state index contributed by atoms with van der Waals surface area (Å²) in [7, 11) is 4.22. The molecular weight excluding hydrogens is 250 g/mol. The first-order chi connectivity index (χ1) is 9.62. The summed E-state index contributed by atoms with van der Waals surface area (Å²) >= 11 is 0. The number of nitrogens with one attached hydrogen (secondary N) is 2. The number of likely N-dealkylation sites (N-methyl/N-ethyl adjacent to an activating group) is 1. The highest BCUT2D eigenvalue weighted by atomic mass is 15.1. The van der Waals surface area contributed by atoms with Crippen LogP contribution in [-0.4, -0.2) is 56.2 Å². The normalized spacial score (nSPS) is 32.1. The van der Waals surface area contributed by atoms with E-state index >= 15 is 0 Å². The molecule has 2 fully saturated rings. The van der Waals surface area contributed by atoms with E-state index in [-0.39, 0.29) is 0 Å². The Bertz CT molecular complexity index is 475. The molecule has 1 aliphatic carbocycles. The van der Waals surface area contributed by atoms with Crippen LogP contribution in [-0.2, 0) is 0 Å². The molecule has 5 heteroatoms. The molecule has 2 aliphatic rings. The second-order valence-electron chi connectivity index (χ2n) is 6.42. The molecule has 4 N–H and O–H groups in total. The molecule has 0 radical (unpaired) electrons. The van der Waals surface area contributed by atoms with Crippen LogP contribution in [0.2, 0.25) is 0 Å². The minimum absolute atomic E-state index is 0.354. The third kappa shape index (κ3) is 2.53. The number of pyridine rings is 1. The van der Waals surface area contributed by atoms with Gasteiger partial charge in [-0.2, -0.15) is 0 Å². The predicted octanol–water partition coefficient (Wildman–Crippen LogP) is 0.261. The van der Waals surface area contributed by atoms with E-state index in [1.54, 1.807) is 0 Å². The lowest BCUT2D eigenvalue weighted by atomic mass is 9.95. The number of nitrogens with zero attached hydrogens (tertiary/aromatic N) is 2. The molecule has 20 heavy (non-hydrogen) atoms. The van der Waals surface area contributed by atoms with Crippen molar-refractivity contribution in [3.05, 3.63) is 23.9 Å². The minimum atomic E-state index is 0.354. The van der Waals surface area contributed by atoms with Gasteiger partial charge in [0.2, 0.25) is 0 Å². The van der Waals surface area contributed by atoms with Crippen LogP contribution in [0.4, 0.5) is 5.82 Å². The number of nitrogen functional groups attached to an aromatic ring is 1. The van der Waals surface area contributed by atoms with E-state index in [1.165, 1.54) is 6.42 Å². The fraction of sp³-hybridized carbons (Fsp3) is 0.667. The van der Waals surface area contributed by atoms with E-state index in [0.29, 0.717) is 23.2 Å². The molecule has 1 saturated carbocycles. The predicted molar refractivity (Wildman–Crippen MR) is 81.7 cm³/mol. The molecule has 0 amide bonds. The van der Waals surface area contributed by atoms with Crippen LogP contribution in [0.25, 0.3) is 0 Å². The van der Waals surface area contributed by atoms with Crippen molar-refractivity contribution in [2.75, 3.05) is 46.0 Å². The van der Waals surface area contributed by atoms with Crippen molar-refractivity contribution in [3.8, 4) is 0 Å². The summed E-state index contributed by atoms with van der Waals surface area (Å²) in [6.45, 7) is 4.27. The summed E-state index contributed by atoms with van der Waals surface area (Å²) in [4.78, 5) is 6.73. The van der Waals surface area contributed by atoms with E-state index in [1.807, 2.05) is 12.1 Å². The quantitative estimate of drug-likeness (QED) is 0.719. The summed E-state index contributed by atoms with van der Waals surface area (Å²) in [6.07, 6.45) is 1.22. The van der Waals surface area contributed by atoms with Crippen LogP contribution >= 0.6 is 0 Å². The van der Waals surface area contributed by atoms with Gasteiger partial charge in [0.05, 0.1) is 0 Å². The summed E-state index contributed by atoms with van der Waals surface area (Å²) in [5.74, 6) is 1.19. The molecule has 5 nitrogen and oxygen atoms in total. The van der Waals surface area contributed by atoms with Crippen molar-refractivity contribution in [2.24, 2.45) is 5.41 Å². The second kappa shape index (κ2) is 5.31. The van der Waals surface area contributed by atoms with Crippen LogP contribution < -0.4 is 16.4 Å². The topological polar surface area (TPSA) is 66.2 Å². The maximum absolute atomic E-state index is 5.81. The Morgan fingerprint density at radius 1 is 1.50 bits per heavy atom. The Hall–Kier alpha value is -1.17. The first kappa shape index (κ1) is 13.8. The number of rotatable bonds is 5. The molecule has 110 valence electrons. The lowest BCUT2D eigenvalue weighted by molar-refractivity contribution is 0.350. The monoisotopic (exact) mass is 275 g/mol. The van der Waals surface area contributed by atoms with Gasteiger partial charge in [0.1, 0.15) is 5.82 Å². The van der Waals surface area contributed by atoms with E-state index < -0.39 is 0 Å². The number of anilines is 1. The molecule has 1 aromatic rings. The zero-order valence-corrected chi connectivity index (χ0v) is 12.4. The lowest BCUT2D eigenvalue weighted by Crippen LogP contribution is -2.41. The fourth-order valence-electron chi connectivity index (χ4n) is 3.48. The fourth-order valence-corrected chi connectivity index (χ4v) is 3.48. The van der Waals surface area contributed by atoms with Gasteiger partial charge in [0, 0.05) is 49.2 Å². The Kier molecular flexibility index (Phi) is 3.67. The van der Waals surface area contributed by atoms with E-state index in [0.717, 1.165) is 31.9 Å². The number of hydrogen-bond acceptors (Lipinski definition) is 5. The summed E-state index contributed by atoms with van der Waals surface area (Å²) in [5.41, 5.74) is 7.33. The summed E-state index contributed by atoms with van der Waals surface area (Å²) in [5, 5.41) is 7.26. The number of nitrogens with two attached hydrogens (primary N) is 1.